The Balaban J connectivity index is 0. The molecule has 0 aromatic rings. The number of phosphoric ester groups is 1. The van der Waals surface area contributed by atoms with Crippen LogP contribution < -0.4 is 5.73 Å². The van der Waals surface area contributed by atoms with Crippen LogP contribution in [0.25, 0.3) is 0 Å². The fourth-order valence-electron chi connectivity index (χ4n) is 0.306. The Kier molecular flexibility index (Phi) is 10.4. The van der Waals surface area contributed by atoms with Gasteiger partial charge in [-0.05, 0) is 0 Å². The first-order valence-corrected chi connectivity index (χ1v) is 5.75. The molecule has 8 N–H and O–H groups in total. The maximum absolute atomic E-state index is 9.98. The zero-order valence-corrected chi connectivity index (χ0v) is 9.60. The Bertz CT molecular complexity index is 250. The van der Waals surface area contributed by atoms with Gasteiger partial charge in [0.25, 0.3) is 0 Å². The Morgan fingerprint density at radius 3 is 1.88 bits per heavy atom. The van der Waals surface area contributed by atoms with E-state index < -0.39 is 32.5 Å². The van der Waals surface area contributed by atoms with Gasteiger partial charge in [-0.3, -0.25) is 9.32 Å². The van der Waals surface area contributed by atoms with Crippen molar-refractivity contribution in [3.63, 3.8) is 0 Å². The molecular weight excluding hydrogens is 261 g/mol. The molecule has 0 aliphatic heterocycles. The number of nitrogens with two attached hydrogens (primary N) is 1. The predicted octanol–water partition coefficient (Wildman–Crippen LogP) is -3.16. The average molecular weight is 277 g/mol. The lowest BCUT2D eigenvalue weighted by Gasteiger charge is -2.07. The van der Waals surface area contributed by atoms with Crippen LogP contribution in [0.1, 0.15) is 0 Å². The van der Waals surface area contributed by atoms with E-state index in [0.29, 0.717) is 0 Å². The van der Waals surface area contributed by atoms with Gasteiger partial charge in [-0.1, -0.05) is 0 Å². The smallest absolute Gasteiger partial charge is 0.469 e. The predicted molar refractivity (Wildman–Crippen MR) is 53.8 cm³/mol. The van der Waals surface area contributed by atoms with Gasteiger partial charge in [0.15, 0.2) is 0 Å². The summed E-state index contributed by atoms with van der Waals surface area (Å²) in [6.45, 7) is -1.44. The first-order valence-electron chi connectivity index (χ1n) is 4.22. The molecule has 0 amide bonds. The van der Waals surface area contributed by atoms with E-state index in [-0.39, 0.29) is 13.2 Å². The fourth-order valence-corrected chi connectivity index (χ4v) is 0.661. The maximum atomic E-state index is 9.98. The molecule has 0 radical (unpaired) electrons. The Morgan fingerprint density at radius 2 is 1.71 bits per heavy atom. The molecule has 0 spiro atoms. The van der Waals surface area contributed by atoms with Gasteiger partial charge in [0.2, 0.25) is 0 Å². The van der Waals surface area contributed by atoms with Crippen LogP contribution in [0.4, 0.5) is 0 Å². The number of phosphoric acid groups is 1. The summed E-state index contributed by atoms with van der Waals surface area (Å²) in [5.41, 5.74) is 4.86. The number of rotatable bonds is 6. The Labute approximate surface area is 96.5 Å². The van der Waals surface area contributed by atoms with Crippen LogP contribution >= 0.6 is 7.82 Å². The van der Waals surface area contributed by atoms with Crippen molar-refractivity contribution >= 4 is 13.8 Å². The number of aliphatic hydroxyl groups is 3. The van der Waals surface area contributed by atoms with Crippen LogP contribution in [0.15, 0.2) is 0 Å². The van der Waals surface area contributed by atoms with Crippen molar-refractivity contribution < 1.29 is 44.1 Å². The fraction of sp³-hybridized carbons (Fsp3) is 0.833. The summed E-state index contributed by atoms with van der Waals surface area (Å²) in [5.74, 6) is -1.38. The largest absolute Gasteiger partial charge is 0.480 e. The van der Waals surface area contributed by atoms with E-state index in [2.05, 4.69) is 4.52 Å². The van der Waals surface area contributed by atoms with E-state index in [1.165, 1.54) is 0 Å². The van der Waals surface area contributed by atoms with Crippen LogP contribution in [-0.4, -0.2) is 68.1 Å². The van der Waals surface area contributed by atoms with Crippen molar-refractivity contribution in [3.05, 3.63) is 0 Å². The quantitative estimate of drug-likeness (QED) is 0.244. The lowest BCUT2D eigenvalue weighted by atomic mass is 10.3. The SMILES string of the molecule is NC(COP(=O)(O)O)C(=O)O.OCC(O)CO. The number of carbonyl (C=O) groups is 1. The summed E-state index contributed by atoms with van der Waals surface area (Å²) in [6.07, 6.45) is -0.954. The van der Waals surface area contributed by atoms with Crippen LogP contribution in [0.3, 0.4) is 0 Å². The Morgan fingerprint density at radius 1 is 1.29 bits per heavy atom. The normalized spacial score (nSPS) is 12.9. The number of aliphatic carboxylic acids is 1. The van der Waals surface area contributed by atoms with Crippen molar-refractivity contribution in [2.24, 2.45) is 5.73 Å². The lowest BCUT2D eigenvalue weighted by molar-refractivity contribution is -0.139. The molecule has 0 saturated heterocycles. The molecule has 1 unspecified atom stereocenters. The number of carboxylic acid groups (broad SMARTS) is 1. The maximum Gasteiger partial charge on any atom is 0.469 e. The van der Waals surface area contributed by atoms with Gasteiger partial charge in [0.05, 0.1) is 19.8 Å². The summed E-state index contributed by atoms with van der Waals surface area (Å²) in [5, 5.41) is 32.1. The molecule has 10 nitrogen and oxygen atoms in total. The third kappa shape index (κ3) is 15.4. The highest BCUT2D eigenvalue weighted by Gasteiger charge is 2.19. The molecule has 11 heteroatoms. The third-order valence-corrected chi connectivity index (χ3v) is 1.65. The number of aliphatic hydroxyl groups excluding tert-OH is 3. The van der Waals surface area contributed by atoms with E-state index in [9.17, 15) is 9.36 Å². The summed E-state index contributed by atoms with van der Waals surface area (Å²) < 4.78 is 13.8. The van der Waals surface area contributed by atoms with Crippen molar-refractivity contribution in [1.82, 2.24) is 0 Å². The highest BCUT2D eigenvalue weighted by molar-refractivity contribution is 7.46. The molecule has 104 valence electrons. The molecule has 0 aliphatic carbocycles. The molecule has 0 bridgehead atoms. The first-order chi connectivity index (χ1) is 7.64. The molecule has 0 fully saturated rings. The third-order valence-electron chi connectivity index (χ3n) is 1.16. The minimum Gasteiger partial charge on any atom is -0.480 e. The van der Waals surface area contributed by atoms with Gasteiger partial charge < -0.3 is 35.9 Å². The van der Waals surface area contributed by atoms with Crippen LogP contribution in [0, 0.1) is 0 Å². The van der Waals surface area contributed by atoms with Crippen LogP contribution in [-0.2, 0) is 13.9 Å². The zero-order valence-electron chi connectivity index (χ0n) is 8.71. The number of hydrogen-bond donors (Lipinski definition) is 7. The molecule has 0 heterocycles. The summed E-state index contributed by atoms with van der Waals surface area (Å²) >= 11 is 0. The minimum atomic E-state index is -4.60. The standard InChI is InChI=1S/C3H8NO6P.C3H8O3/c4-2(3(5)6)1-10-11(7,8)9;4-1-3(6)2-5/h2H,1,4H2,(H,5,6)(H2,7,8,9);3-6H,1-2H2. The molecule has 0 rings (SSSR count). The Hall–Kier alpha value is -0.580. The molecule has 1 atom stereocenters. The van der Waals surface area contributed by atoms with Crippen molar-refractivity contribution in [3.8, 4) is 0 Å². The highest BCUT2D eigenvalue weighted by Crippen LogP contribution is 2.35. The second-order valence-electron chi connectivity index (χ2n) is 2.75. The van der Waals surface area contributed by atoms with Gasteiger partial charge in [0, 0.05) is 0 Å². The van der Waals surface area contributed by atoms with Gasteiger partial charge in [0.1, 0.15) is 12.1 Å². The van der Waals surface area contributed by atoms with E-state index in [1.807, 2.05) is 0 Å². The number of carboxylic acids is 1. The lowest BCUT2D eigenvalue weighted by Crippen LogP contribution is -2.34. The molecular formula is C6H16NO9P. The van der Waals surface area contributed by atoms with E-state index in [0.717, 1.165) is 0 Å². The summed E-state index contributed by atoms with van der Waals surface area (Å²) in [7, 11) is -4.60. The van der Waals surface area contributed by atoms with E-state index in [1.54, 1.807) is 0 Å². The van der Waals surface area contributed by atoms with Crippen molar-refractivity contribution in [2.75, 3.05) is 19.8 Å². The highest BCUT2D eigenvalue weighted by atomic mass is 31.2. The molecule has 0 aliphatic rings. The first kappa shape index (κ1) is 18.8. The number of hydrogen-bond acceptors (Lipinski definition) is 7. The van der Waals surface area contributed by atoms with Gasteiger partial charge in [-0.15, -0.1) is 0 Å². The molecule has 0 aromatic carbocycles. The zero-order chi connectivity index (χ0) is 14.1. The van der Waals surface area contributed by atoms with Gasteiger partial charge >= 0.3 is 13.8 Å². The van der Waals surface area contributed by atoms with Gasteiger partial charge in [-0.25, -0.2) is 4.57 Å². The topological polar surface area (TPSA) is 191 Å². The molecule has 0 aromatic heterocycles. The summed E-state index contributed by atoms with van der Waals surface area (Å²) in [6, 6.07) is -1.41. The van der Waals surface area contributed by atoms with Gasteiger partial charge in [-0.2, -0.15) is 0 Å². The second-order valence-corrected chi connectivity index (χ2v) is 3.99. The minimum absolute atomic E-state index is 0.365. The average Bonchev–Trinajstić information content (AvgIpc) is 2.24. The monoisotopic (exact) mass is 277 g/mol. The van der Waals surface area contributed by atoms with Crippen LogP contribution in [0.5, 0.6) is 0 Å². The van der Waals surface area contributed by atoms with Crippen LogP contribution in [0.2, 0.25) is 0 Å². The van der Waals surface area contributed by atoms with E-state index >= 15 is 0 Å². The molecule has 0 saturated carbocycles. The van der Waals surface area contributed by atoms with E-state index in [4.69, 9.17) is 35.9 Å². The van der Waals surface area contributed by atoms with Crippen molar-refractivity contribution in [1.29, 1.82) is 0 Å². The molecule has 17 heavy (non-hydrogen) atoms. The van der Waals surface area contributed by atoms with Crippen molar-refractivity contribution in [2.45, 2.75) is 12.1 Å². The summed E-state index contributed by atoms with van der Waals surface area (Å²) in [4.78, 5) is 26.1. The second kappa shape index (κ2) is 9.45.